The van der Waals surface area contributed by atoms with Crippen molar-refractivity contribution in [3.05, 3.63) is 0 Å². The Bertz CT molecular complexity index is 345. The highest BCUT2D eigenvalue weighted by atomic mass is 16.4. The van der Waals surface area contributed by atoms with E-state index in [4.69, 9.17) is 5.11 Å². The van der Waals surface area contributed by atoms with Crippen molar-refractivity contribution >= 4 is 11.9 Å². The van der Waals surface area contributed by atoms with Crippen molar-refractivity contribution in [2.24, 2.45) is 11.8 Å². The zero-order valence-corrected chi connectivity index (χ0v) is 11.7. The van der Waals surface area contributed by atoms with Gasteiger partial charge in [0.2, 0.25) is 5.91 Å². The van der Waals surface area contributed by atoms with Crippen molar-refractivity contribution in [2.45, 2.75) is 64.1 Å². The first-order valence-corrected chi connectivity index (χ1v) is 7.24. The largest absolute Gasteiger partial charge is 0.480 e. The van der Waals surface area contributed by atoms with Crippen molar-refractivity contribution in [3.63, 3.8) is 0 Å². The molecule has 2 fully saturated rings. The zero-order chi connectivity index (χ0) is 14.0. The van der Waals surface area contributed by atoms with E-state index in [9.17, 15) is 9.59 Å². The molecular weight excluding hydrogens is 244 g/mol. The summed E-state index contributed by atoms with van der Waals surface area (Å²) in [4.78, 5) is 23.0. The van der Waals surface area contributed by atoms with Crippen molar-refractivity contribution in [2.75, 3.05) is 0 Å². The third-order valence-corrected chi connectivity index (χ3v) is 4.29. The molecule has 1 amide bonds. The first-order valence-electron chi connectivity index (χ1n) is 7.24. The maximum Gasteiger partial charge on any atom is 0.326 e. The zero-order valence-electron chi connectivity index (χ0n) is 11.7. The van der Waals surface area contributed by atoms with E-state index < -0.39 is 12.0 Å². The van der Waals surface area contributed by atoms with E-state index in [1.807, 2.05) is 13.8 Å². The van der Waals surface area contributed by atoms with Crippen LogP contribution in [-0.4, -0.2) is 35.1 Å². The minimum atomic E-state index is -0.950. The lowest BCUT2D eigenvalue weighted by Crippen LogP contribution is -2.46. The van der Waals surface area contributed by atoms with Crippen LogP contribution in [0.15, 0.2) is 0 Å². The fourth-order valence-corrected chi connectivity index (χ4v) is 3.35. The van der Waals surface area contributed by atoms with E-state index in [0.29, 0.717) is 24.4 Å². The number of carboxylic acids is 1. The van der Waals surface area contributed by atoms with Gasteiger partial charge in [-0.1, -0.05) is 13.8 Å². The van der Waals surface area contributed by atoms with Gasteiger partial charge in [-0.25, -0.2) is 4.79 Å². The van der Waals surface area contributed by atoms with Gasteiger partial charge in [0.05, 0.1) is 0 Å². The number of carboxylic acid groups (broad SMARTS) is 1. The minimum Gasteiger partial charge on any atom is -0.480 e. The summed E-state index contributed by atoms with van der Waals surface area (Å²) in [6, 6.07) is 0.361. The lowest BCUT2D eigenvalue weighted by atomic mass is 9.89. The molecule has 19 heavy (non-hydrogen) atoms. The molecule has 3 atom stereocenters. The Kier molecular flexibility index (Phi) is 4.45. The average Bonchev–Trinajstić information content (AvgIpc) is 2.65. The predicted octanol–water partition coefficient (Wildman–Crippen LogP) is 1.13. The van der Waals surface area contributed by atoms with Gasteiger partial charge in [-0.2, -0.15) is 0 Å². The summed E-state index contributed by atoms with van der Waals surface area (Å²) in [5.41, 5.74) is 0. The van der Waals surface area contributed by atoms with Crippen LogP contribution in [0.2, 0.25) is 0 Å². The number of carbonyl (C=O) groups is 2. The highest BCUT2D eigenvalue weighted by Gasteiger charge is 2.34. The molecule has 0 aromatic rings. The van der Waals surface area contributed by atoms with Crippen LogP contribution in [0.1, 0.15) is 46.0 Å². The van der Waals surface area contributed by atoms with Crippen molar-refractivity contribution < 1.29 is 14.7 Å². The number of amides is 1. The third-order valence-electron chi connectivity index (χ3n) is 4.29. The maximum atomic E-state index is 12.0. The molecule has 5 heteroatoms. The van der Waals surface area contributed by atoms with Crippen LogP contribution in [0.25, 0.3) is 0 Å². The SMILES string of the molecule is CC(C)C(NC(=O)CC1CC2CCC(C1)N2)C(=O)O. The normalized spacial score (nSPS) is 31.2. The Morgan fingerprint density at radius 3 is 2.32 bits per heavy atom. The van der Waals surface area contributed by atoms with Gasteiger partial charge in [0.15, 0.2) is 0 Å². The monoisotopic (exact) mass is 268 g/mol. The van der Waals surface area contributed by atoms with E-state index in [1.165, 1.54) is 12.8 Å². The molecule has 0 aromatic carbocycles. The molecule has 0 saturated carbocycles. The van der Waals surface area contributed by atoms with E-state index in [0.717, 1.165) is 12.8 Å². The number of piperidine rings is 1. The van der Waals surface area contributed by atoms with Crippen molar-refractivity contribution in [3.8, 4) is 0 Å². The van der Waals surface area contributed by atoms with Crippen LogP contribution >= 0.6 is 0 Å². The van der Waals surface area contributed by atoms with Gasteiger partial charge in [-0.15, -0.1) is 0 Å². The van der Waals surface area contributed by atoms with Gasteiger partial charge in [0.1, 0.15) is 6.04 Å². The molecule has 2 saturated heterocycles. The molecule has 0 radical (unpaired) electrons. The van der Waals surface area contributed by atoms with Gasteiger partial charge in [-0.3, -0.25) is 4.79 Å². The second-order valence-corrected chi connectivity index (χ2v) is 6.31. The number of nitrogens with one attached hydrogen (secondary N) is 2. The molecule has 3 unspecified atom stereocenters. The Labute approximate surface area is 114 Å². The molecular formula is C14H24N2O3. The second-order valence-electron chi connectivity index (χ2n) is 6.31. The summed E-state index contributed by atoms with van der Waals surface area (Å²) in [6.07, 6.45) is 4.98. The molecule has 5 nitrogen and oxygen atoms in total. The van der Waals surface area contributed by atoms with Gasteiger partial charge in [0, 0.05) is 18.5 Å². The molecule has 0 aliphatic carbocycles. The summed E-state index contributed by atoms with van der Waals surface area (Å²) in [7, 11) is 0. The van der Waals surface area contributed by atoms with Gasteiger partial charge in [-0.05, 0) is 37.5 Å². The van der Waals surface area contributed by atoms with Crippen LogP contribution < -0.4 is 10.6 Å². The van der Waals surface area contributed by atoms with Gasteiger partial charge >= 0.3 is 5.97 Å². The third kappa shape index (κ3) is 3.69. The van der Waals surface area contributed by atoms with E-state index >= 15 is 0 Å². The highest BCUT2D eigenvalue weighted by Crippen LogP contribution is 2.32. The van der Waals surface area contributed by atoms with Crippen LogP contribution in [-0.2, 0) is 9.59 Å². The molecule has 2 aliphatic heterocycles. The molecule has 0 spiro atoms. The summed E-state index contributed by atoms with van der Waals surface area (Å²) in [5.74, 6) is -0.757. The molecule has 3 N–H and O–H groups in total. The molecule has 2 rings (SSSR count). The van der Waals surface area contributed by atoms with Crippen LogP contribution in [0.4, 0.5) is 0 Å². The standard InChI is InChI=1S/C14H24N2O3/c1-8(2)13(14(18)19)16-12(17)7-9-5-10-3-4-11(6-9)15-10/h8-11,13,15H,3-7H2,1-2H3,(H,16,17)(H,18,19). The summed E-state index contributed by atoms with van der Waals surface area (Å²) in [6.45, 7) is 3.62. The van der Waals surface area contributed by atoms with Gasteiger partial charge < -0.3 is 15.7 Å². The summed E-state index contributed by atoms with van der Waals surface area (Å²) in [5, 5.41) is 15.3. The topological polar surface area (TPSA) is 78.4 Å². The number of carbonyl (C=O) groups excluding carboxylic acids is 1. The fraction of sp³-hybridized carbons (Fsp3) is 0.857. The Balaban J connectivity index is 1.82. The smallest absolute Gasteiger partial charge is 0.326 e. The fourth-order valence-electron chi connectivity index (χ4n) is 3.35. The molecule has 108 valence electrons. The molecule has 2 aliphatic rings. The van der Waals surface area contributed by atoms with E-state index in [-0.39, 0.29) is 11.8 Å². The highest BCUT2D eigenvalue weighted by molar-refractivity contribution is 5.83. The lowest BCUT2D eigenvalue weighted by molar-refractivity contribution is -0.143. The van der Waals surface area contributed by atoms with Gasteiger partial charge in [0.25, 0.3) is 0 Å². The van der Waals surface area contributed by atoms with Crippen molar-refractivity contribution in [1.82, 2.24) is 10.6 Å². The average molecular weight is 268 g/mol. The number of hydrogen-bond acceptors (Lipinski definition) is 3. The molecule has 0 aromatic heterocycles. The molecule has 2 heterocycles. The predicted molar refractivity (Wildman–Crippen MR) is 71.7 cm³/mol. The first kappa shape index (κ1) is 14.3. The Hall–Kier alpha value is -1.10. The summed E-state index contributed by atoms with van der Waals surface area (Å²) < 4.78 is 0. The van der Waals surface area contributed by atoms with Crippen LogP contribution in [0, 0.1) is 11.8 Å². The van der Waals surface area contributed by atoms with E-state index in [2.05, 4.69) is 10.6 Å². The Morgan fingerprint density at radius 2 is 1.84 bits per heavy atom. The number of fused-ring (bicyclic) bond motifs is 2. The quantitative estimate of drug-likeness (QED) is 0.698. The molecule has 2 bridgehead atoms. The number of aliphatic carboxylic acids is 1. The lowest BCUT2D eigenvalue weighted by Gasteiger charge is -2.29. The second kappa shape index (κ2) is 5.90. The van der Waals surface area contributed by atoms with Crippen LogP contribution in [0.3, 0.4) is 0 Å². The Morgan fingerprint density at radius 1 is 1.26 bits per heavy atom. The first-order chi connectivity index (χ1) is 8.95. The summed E-state index contributed by atoms with van der Waals surface area (Å²) >= 11 is 0. The minimum absolute atomic E-state index is 0.0920. The van der Waals surface area contributed by atoms with E-state index in [1.54, 1.807) is 0 Å². The maximum absolute atomic E-state index is 12.0. The number of rotatable bonds is 5. The van der Waals surface area contributed by atoms with Crippen LogP contribution in [0.5, 0.6) is 0 Å². The number of hydrogen-bond donors (Lipinski definition) is 3. The van der Waals surface area contributed by atoms with Crippen molar-refractivity contribution in [1.29, 1.82) is 0 Å².